The highest BCUT2D eigenvalue weighted by molar-refractivity contribution is 6.67. The van der Waals surface area contributed by atoms with Gasteiger partial charge in [-0.25, -0.2) is 4.98 Å². The first-order chi connectivity index (χ1) is 5.77. The molecule has 0 amide bonds. The fourth-order valence-corrected chi connectivity index (χ4v) is 1.15. The molecule has 12 heavy (non-hydrogen) atoms. The number of rotatable bonds is 1. The molecule has 60 valence electrons. The number of aromatic nitrogens is 2. The minimum Gasteiger partial charge on any atom is -0.306 e. The Labute approximate surface area is 73.6 Å². The summed E-state index contributed by atoms with van der Waals surface area (Å²) < 4.78 is 1.75. The highest BCUT2D eigenvalue weighted by atomic mass is 35.5. The minimum atomic E-state index is -0.453. The van der Waals surface area contributed by atoms with Gasteiger partial charge in [-0.1, -0.05) is 0 Å². The number of carbonyl (C=O) groups excluding carboxylic acids is 1. The van der Waals surface area contributed by atoms with E-state index in [1.54, 1.807) is 35.1 Å². The van der Waals surface area contributed by atoms with Gasteiger partial charge in [0.15, 0.2) is 0 Å². The number of carbonyl (C=O) groups is 1. The van der Waals surface area contributed by atoms with E-state index in [1.165, 1.54) is 0 Å². The number of nitrogens with zero attached hydrogens (tertiary/aromatic N) is 2. The SMILES string of the molecule is O=C(Cl)c1ccc2nccn2c1. The number of hydrogen-bond acceptors (Lipinski definition) is 2. The summed E-state index contributed by atoms with van der Waals surface area (Å²) in [7, 11) is 0. The van der Waals surface area contributed by atoms with Crippen LogP contribution < -0.4 is 0 Å². The summed E-state index contributed by atoms with van der Waals surface area (Å²) in [6.07, 6.45) is 5.08. The second kappa shape index (κ2) is 2.60. The third-order valence-corrected chi connectivity index (χ3v) is 1.83. The van der Waals surface area contributed by atoms with Gasteiger partial charge in [0.25, 0.3) is 5.24 Å². The number of fused-ring (bicyclic) bond motifs is 1. The van der Waals surface area contributed by atoms with Gasteiger partial charge < -0.3 is 4.40 Å². The Morgan fingerprint density at radius 3 is 3.08 bits per heavy atom. The van der Waals surface area contributed by atoms with Gasteiger partial charge in [-0.05, 0) is 23.7 Å². The fourth-order valence-electron chi connectivity index (χ4n) is 1.04. The maximum atomic E-state index is 10.7. The highest BCUT2D eigenvalue weighted by Gasteiger charge is 2.01. The van der Waals surface area contributed by atoms with E-state index in [-0.39, 0.29) is 0 Å². The standard InChI is InChI=1S/C8H5ClN2O/c9-8(12)6-1-2-7-10-3-4-11(7)5-6/h1-5H. The van der Waals surface area contributed by atoms with E-state index in [9.17, 15) is 4.79 Å². The van der Waals surface area contributed by atoms with E-state index in [2.05, 4.69) is 4.98 Å². The van der Waals surface area contributed by atoms with Crippen molar-refractivity contribution >= 4 is 22.5 Å². The molecule has 0 atom stereocenters. The molecule has 0 radical (unpaired) electrons. The second-order valence-electron chi connectivity index (χ2n) is 2.38. The number of hydrogen-bond donors (Lipinski definition) is 0. The molecule has 0 N–H and O–H groups in total. The molecule has 0 aliphatic heterocycles. The zero-order valence-corrected chi connectivity index (χ0v) is 6.82. The van der Waals surface area contributed by atoms with Gasteiger partial charge in [-0.15, -0.1) is 0 Å². The number of halogens is 1. The Morgan fingerprint density at radius 2 is 2.33 bits per heavy atom. The zero-order chi connectivity index (χ0) is 8.55. The average molecular weight is 181 g/mol. The van der Waals surface area contributed by atoms with Gasteiger partial charge in [0.1, 0.15) is 5.65 Å². The topological polar surface area (TPSA) is 34.4 Å². The molecule has 2 aromatic rings. The van der Waals surface area contributed by atoms with Gasteiger partial charge >= 0.3 is 0 Å². The number of imidazole rings is 1. The van der Waals surface area contributed by atoms with Crippen LogP contribution >= 0.6 is 11.6 Å². The summed E-state index contributed by atoms with van der Waals surface area (Å²) in [6, 6.07) is 3.40. The van der Waals surface area contributed by atoms with Crippen LogP contribution in [0.3, 0.4) is 0 Å². The van der Waals surface area contributed by atoms with Crippen LogP contribution in [0, 0.1) is 0 Å². The lowest BCUT2D eigenvalue weighted by Gasteiger charge is -1.94. The molecular weight excluding hydrogens is 176 g/mol. The first-order valence-electron chi connectivity index (χ1n) is 3.40. The molecule has 3 nitrogen and oxygen atoms in total. The highest BCUT2D eigenvalue weighted by Crippen LogP contribution is 2.06. The molecule has 0 aliphatic carbocycles. The molecule has 4 heteroatoms. The van der Waals surface area contributed by atoms with Gasteiger partial charge in [-0.3, -0.25) is 4.79 Å². The third-order valence-electron chi connectivity index (χ3n) is 1.62. The summed E-state index contributed by atoms with van der Waals surface area (Å²) in [5, 5.41) is -0.453. The maximum absolute atomic E-state index is 10.7. The lowest BCUT2D eigenvalue weighted by Crippen LogP contribution is -1.92. The van der Waals surface area contributed by atoms with Crippen molar-refractivity contribution in [3.63, 3.8) is 0 Å². The summed E-state index contributed by atoms with van der Waals surface area (Å²) in [4.78, 5) is 14.8. The van der Waals surface area contributed by atoms with Crippen LogP contribution in [-0.4, -0.2) is 14.6 Å². The van der Waals surface area contributed by atoms with Crippen molar-refractivity contribution in [2.75, 3.05) is 0 Å². The van der Waals surface area contributed by atoms with E-state index < -0.39 is 5.24 Å². The Kier molecular flexibility index (Phi) is 1.59. The maximum Gasteiger partial charge on any atom is 0.253 e. The van der Waals surface area contributed by atoms with Gasteiger partial charge in [-0.2, -0.15) is 0 Å². The Hall–Kier alpha value is -1.35. The molecule has 0 saturated carbocycles. The minimum absolute atomic E-state index is 0.453. The molecule has 0 bridgehead atoms. The molecule has 0 aromatic carbocycles. The lowest BCUT2D eigenvalue weighted by molar-refractivity contribution is 0.108. The monoisotopic (exact) mass is 180 g/mol. The van der Waals surface area contributed by atoms with Crippen molar-refractivity contribution < 1.29 is 4.79 Å². The van der Waals surface area contributed by atoms with Crippen LogP contribution in [0.4, 0.5) is 0 Å². The Bertz CT molecular complexity index is 435. The molecule has 2 aromatic heterocycles. The van der Waals surface area contributed by atoms with Crippen LogP contribution in [0.5, 0.6) is 0 Å². The Morgan fingerprint density at radius 1 is 1.50 bits per heavy atom. The van der Waals surface area contributed by atoms with Crippen LogP contribution in [0.25, 0.3) is 5.65 Å². The van der Waals surface area contributed by atoms with E-state index in [0.717, 1.165) is 5.65 Å². The second-order valence-corrected chi connectivity index (χ2v) is 2.73. The van der Waals surface area contributed by atoms with Crippen molar-refractivity contribution in [3.8, 4) is 0 Å². The van der Waals surface area contributed by atoms with Crippen molar-refractivity contribution in [2.45, 2.75) is 0 Å². The predicted octanol–water partition coefficient (Wildman–Crippen LogP) is 1.71. The molecule has 0 saturated heterocycles. The molecule has 0 aliphatic rings. The van der Waals surface area contributed by atoms with Crippen LogP contribution in [-0.2, 0) is 0 Å². The smallest absolute Gasteiger partial charge is 0.253 e. The summed E-state index contributed by atoms with van der Waals surface area (Å²) >= 11 is 5.30. The fraction of sp³-hybridized carbons (Fsp3) is 0. The normalized spacial score (nSPS) is 10.4. The molecule has 0 spiro atoms. The predicted molar refractivity (Wildman–Crippen MR) is 45.4 cm³/mol. The molecule has 0 unspecified atom stereocenters. The van der Waals surface area contributed by atoms with Crippen LogP contribution in [0.2, 0.25) is 0 Å². The van der Waals surface area contributed by atoms with Crippen molar-refractivity contribution in [1.29, 1.82) is 0 Å². The molecule has 2 rings (SSSR count). The van der Waals surface area contributed by atoms with Gasteiger partial charge in [0.2, 0.25) is 0 Å². The van der Waals surface area contributed by atoms with E-state index in [0.29, 0.717) is 5.56 Å². The zero-order valence-electron chi connectivity index (χ0n) is 6.07. The third kappa shape index (κ3) is 1.08. The van der Waals surface area contributed by atoms with E-state index in [1.807, 2.05) is 0 Å². The number of pyridine rings is 1. The summed E-state index contributed by atoms with van der Waals surface area (Å²) in [5.74, 6) is 0. The van der Waals surface area contributed by atoms with E-state index in [4.69, 9.17) is 11.6 Å². The first-order valence-corrected chi connectivity index (χ1v) is 3.78. The summed E-state index contributed by atoms with van der Waals surface area (Å²) in [6.45, 7) is 0. The molecule has 2 heterocycles. The average Bonchev–Trinajstić information content (AvgIpc) is 2.49. The first kappa shape index (κ1) is 7.31. The van der Waals surface area contributed by atoms with Crippen molar-refractivity contribution in [2.24, 2.45) is 0 Å². The largest absolute Gasteiger partial charge is 0.306 e. The van der Waals surface area contributed by atoms with Gasteiger partial charge in [0.05, 0.1) is 5.56 Å². The Balaban J connectivity index is 2.68. The van der Waals surface area contributed by atoms with Crippen LogP contribution in [0.1, 0.15) is 10.4 Å². The van der Waals surface area contributed by atoms with Gasteiger partial charge in [0, 0.05) is 18.6 Å². The lowest BCUT2D eigenvalue weighted by atomic mass is 10.3. The molecular formula is C8H5ClN2O. The van der Waals surface area contributed by atoms with E-state index >= 15 is 0 Å². The van der Waals surface area contributed by atoms with Crippen LogP contribution in [0.15, 0.2) is 30.7 Å². The summed E-state index contributed by atoms with van der Waals surface area (Å²) in [5.41, 5.74) is 1.28. The van der Waals surface area contributed by atoms with Crippen molar-refractivity contribution in [1.82, 2.24) is 9.38 Å². The molecule has 0 fully saturated rings. The van der Waals surface area contributed by atoms with Crippen molar-refractivity contribution in [3.05, 3.63) is 36.3 Å². The quantitative estimate of drug-likeness (QED) is 0.627.